The molecule has 0 spiro atoms. The van der Waals surface area contributed by atoms with Crippen LogP contribution in [0.1, 0.15) is 16.7 Å². The molecule has 0 unspecified atom stereocenters. The minimum atomic E-state index is 1.03. The van der Waals surface area contributed by atoms with Gasteiger partial charge in [-0.1, -0.05) is 6.07 Å². The van der Waals surface area contributed by atoms with E-state index in [0.29, 0.717) is 0 Å². The molecule has 0 aliphatic rings. The fraction of sp³-hybridized carbons (Fsp3) is 0.273. The van der Waals surface area contributed by atoms with Crippen molar-refractivity contribution in [1.29, 1.82) is 0 Å². The van der Waals surface area contributed by atoms with Crippen LogP contribution in [-0.2, 0) is 0 Å². The van der Waals surface area contributed by atoms with Crippen molar-refractivity contribution in [2.75, 3.05) is 0 Å². The first-order valence-corrected chi connectivity index (χ1v) is 4.13. The molecular weight excluding hydrogens is 148 g/mol. The van der Waals surface area contributed by atoms with Crippen LogP contribution in [0.15, 0.2) is 22.8 Å². The van der Waals surface area contributed by atoms with Gasteiger partial charge in [0.2, 0.25) is 0 Å². The molecule has 0 atom stereocenters. The van der Waals surface area contributed by atoms with Crippen LogP contribution in [0.2, 0.25) is 0 Å². The molecule has 0 aliphatic heterocycles. The van der Waals surface area contributed by atoms with Gasteiger partial charge >= 0.3 is 0 Å². The molecule has 2 aromatic rings. The number of hydrogen-bond donors (Lipinski definition) is 0. The van der Waals surface area contributed by atoms with E-state index in [0.717, 1.165) is 5.58 Å². The van der Waals surface area contributed by atoms with Gasteiger partial charge in [-0.3, -0.25) is 0 Å². The Labute approximate surface area is 72.0 Å². The monoisotopic (exact) mass is 160 g/mol. The molecule has 1 aromatic heterocycles. The van der Waals surface area contributed by atoms with Gasteiger partial charge in [-0.05, 0) is 43.5 Å². The summed E-state index contributed by atoms with van der Waals surface area (Å²) in [5, 5.41) is 1.24. The highest BCUT2D eigenvalue weighted by molar-refractivity contribution is 5.84. The molecule has 1 nitrogen and oxygen atoms in total. The van der Waals surface area contributed by atoms with Crippen LogP contribution in [0.3, 0.4) is 0 Å². The second kappa shape index (κ2) is 2.37. The predicted octanol–water partition coefficient (Wildman–Crippen LogP) is 3.36. The molecule has 0 bridgehead atoms. The van der Waals surface area contributed by atoms with Crippen molar-refractivity contribution >= 4 is 11.0 Å². The fourth-order valence-corrected chi connectivity index (χ4v) is 1.61. The maximum atomic E-state index is 5.43. The molecule has 1 heteroatoms. The van der Waals surface area contributed by atoms with E-state index < -0.39 is 0 Å². The average molecular weight is 160 g/mol. The number of benzene rings is 1. The number of fused-ring (bicyclic) bond motifs is 1. The third-order valence-electron chi connectivity index (χ3n) is 2.20. The second-order valence-electron chi connectivity index (χ2n) is 3.38. The lowest BCUT2D eigenvalue weighted by molar-refractivity contribution is 0.610. The molecule has 0 saturated carbocycles. The Morgan fingerprint density at radius 2 is 1.75 bits per heavy atom. The van der Waals surface area contributed by atoms with Crippen molar-refractivity contribution in [3.63, 3.8) is 0 Å². The maximum absolute atomic E-state index is 5.43. The van der Waals surface area contributed by atoms with Crippen LogP contribution in [0.4, 0.5) is 0 Å². The Kier molecular flexibility index (Phi) is 1.47. The maximum Gasteiger partial charge on any atom is 0.137 e. The molecule has 12 heavy (non-hydrogen) atoms. The molecule has 0 fully saturated rings. The molecule has 0 aliphatic carbocycles. The van der Waals surface area contributed by atoms with Gasteiger partial charge in [0, 0.05) is 5.39 Å². The topological polar surface area (TPSA) is 13.1 Å². The molecule has 1 heterocycles. The predicted molar refractivity (Wildman–Crippen MR) is 50.4 cm³/mol. The largest absolute Gasteiger partial charge is 0.464 e. The number of furan rings is 1. The molecule has 1 aromatic carbocycles. The Morgan fingerprint density at radius 3 is 2.50 bits per heavy atom. The van der Waals surface area contributed by atoms with E-state index in [9.17, 15) is 0 Å². The fourth-order valence-electron chi connectivity index (χ4n) is 1.61. The summed E-state index contributed by atoms with van der Waals surface area (Å²) in [6.07, 6.45) is 1.82. The zero-order valence-electron chi connectivity index (χ0n) is 7.64. The van der Waals surface area contributed by atoms with Gasteiger partial charge in [0.1, 0.15) is 5.58 Å². The Hall–Kier alpha value is -1.24. The molecule has 0 N–H and O–H groups in total. The van der Waals surface area contributed by atoms with E-state index in [1.807, 2.05) is 6.26 Å². The molecular formula is C11H12O. The van der Waals surface area contributed by atoms with Crippen molar-refractivity contribution in [2.24, 2.45) is 0 Å². The second-order valence-corrected chi connectivity index (χ2v) is 3.38. The van der Waals surface area contributed by atoms with Crippen LogP contribution in [0, 0.1) is 20.8 Å². The Morgan fingerprint density at radius 1 is 1.00 bits per heavy atom. The molecule has 0 amide bonds. The summed E-state index contributed by atoms with van der Waals surface area (Å²) >= 11 is 0. The Balaban J connectivity index is 2.92. The van der Waals surface area contributed by atoms with Gasteiger partial charge < -0.3 is 4.42 Å². The van der Waals surface area contributed by atoms with E-state index in [1.54, 1.807) is 0 Å². The van der Waals surface area contributed by atoms with Gasteiger partial charge in [-0.25, -0.2) is 0 Å². The number of rotatable bonds is 0. The standard InChI is InChI=1S/C11H12O/c1-7-4-8(2)11-10(5-7)9(3)6-12-11/h4-6H,1-3H3. The summed E-state index contributed by atoms with van der Waals surface area (Å²) in [5.74, 6) is 0. The van der Waals surface area contributed by atoms with Crippen molar-refractivity contribution < 1.29 is 4.42 Å². The van der Waals surface area contributed by atoms with E-state index in [1.165, 1.54) is 22.1 Å². The number of hydrogen-bond acceptors (Lipinski definition) is 1. The van der Waals surface area contributed by atoms with Gasteiger partial charge in [-0.15, -0.1) is 0 Å². The lowest BCUT2D eigenvalue weighted by atomic mass is 10.1. The summed E-state index contributed by atoms with van der Waals surface area (Å²) in [5.41, 5.74) is 4.76. The van der Waals surface area contributed by atoms with Crippen molar-refractivity contribution in [1.82, 2.24) is 0 Å². The highest BCUT2D eigenvalue weighted by Gasteiger charge is 2.04. The smallest absolute Gasteiger partial charge is 0.137 e. The SMILES string of the molecule is Cc1cc(C)c2occ(C)c2c1. The van der Waals surface area contributed by atoms with Crippen LogP contribution in [0.25, 0.3) is 11.0 Å². The highest BCUT2D eigenvalue weighted by Crippen LogP contribution is 2.24. The quantitative estimate of drug-likeness (QED) is 0.576. The summed E-state index contributed by atoms with van der Waals surface area (Å²) < 4.78 is 5.43. The van der Waals surface area contributed by atoms with Crippen molar-refractivity contribution in [3.8, 4) is 0 Å². The van der Waals surface area contributed by atoms with E-state index in [4.69, 9.17) is 4.42 Å². The van der Waals surface area contributed by atoms with Gasteiger partial charge in [0.05, 0.1) is 6.26 Å². The highest BCUT2D eigenvalue weighted by atomic mass is 16.3. The average Bonchev–Trinajstić information content (AvgIpc) is 2.33. The van der Waals surface area contributed by atoms with Gasteiger partial charge in [0.25, 0.3) is 0 Å². The van der Waals surface area contributed by atoms with Crippen molar-refractivity contribution in [2.45, 2.75) is 20.8 Å². The molecule has 62 valence electrons. The van der Waals surface area contributed by atoms with E-state index in [2.05, 4.69) is 32.9 Å². The van der Waals surface area contributed by atoms with Crippen LogP contribution in [0.5, 0.6) is 0 Å². The zero-order chi connectivity index (χ0) is 8.72. The van der Waals surface area contributed by atoms with Crippen molar-refractivity contribution in [3.05, 3.63) is 35.1 Å². The first kappa shape index (κ1) is 7.41. The third kappa shape index (κ3) is 0.934. The van der Waals surface area contributed by atoms with Crippen LogP contribution >= 0.6 is 0 Å². The van der Waals surface area contributed by atoms with Gasteiger partial charge in [-0.2, -0.15) is 0 Å². The minimum Gasteiger partial charge on any atom is -0.464 e. The van der Waals surface area contributed by atoms with Crippen LogP contribution < -0.4 is 0 Å². The number of aryl methyl sites for hydroxylation is 3. The Bertz CT molecular complexity index is 424. The first-order chi connectivity index (χ1) is 5.68. The summed E-state index contributed by atoms with van der Waals surface area (Å²) in [6.45, 7) is 6.27. The lowest BCUT2D eigenvalue weighted by Crippen LogP contribution is -1.77. The first-order valence-electron chi connectivity index (χ1n) is 4.13. The molecule has 2 rings (SSSR count). The van der Waals surface area contributed by atoms with E-state index in [-0.39, 0.29) is 0 Å². The molecule has 0 saturated heterocycles. The minimum absolute atomic E-state index is 1.03. The zero-order valence-corrected chi connectivity index (χ0v) is 7.64. The summed E-state index contributed by atoms with van der Waals surface area (Å²) in [6, 6.07) is 4.31. The lowest BCUT2D eigenvalue weighted by Gasteiger charge is -1.97. The van der Waals surface area contributed by atoms with Gasteiger partial charge in [0.15, 0.2) is 0 Å². The summed E-state index contributed by atoms with van der Waals surface area (Å²) in [4.78, 5) is 0. The third-order valence-corrected chi connectivity index (χ3v) is 2.20. The van der Waals surface area contributed by atoms with Crippen LogP contribution in [-0.4, -0.2) is 0 Å². The van der Waals surface area contributed by atoms with E-state index >= 15 is 0 Å². The summed E-state index contributed by atoms with van der Waals surface area (Å²) in [7, 11) is 0. The molecule has 0 radical (unpaired) electrons. The normalized spacial score (nSPS) is 10.9.